The number of rotatable bonds is 8. The van der Waals surface area contributed by atoms with E-state index in [9.17, 15) is 9.59 Å². The Labute approximate surface area is 158 Å². The normalized spacial score (nSPS) is 10.3. The SMILES string of the molecule is C=CCNC(=O)Nc1ccc(NC(=O)/C=C/c2ccccc2OCC)cc1. The molecule has 27 heavy (non-hydrogen) atoms. The molecule has 0 saturated carbocycles. The number of benzene rings is 2. The smallest absolute Gasteiger partial charge is 0.319 e. The second kappa shape index (κ2) is 10.5. The monoisotopic (exact) mass is 365 g/mol. The van der Waals surface area contributed by atoms with Crippen molar-refractivity contribution in [2.75, 3.05) is 23.8 Å². The third-order valence-electron chi connectivity index (χ3n) is 3.45. The molecule has 0 unspecified atom stereocenters. The lowest BCUT2D eigenvalue weighted by atomic mass is 10.2. The van der Waals surface area contributed by atoms with Crippen LogP contribution >= 0.6 is 0 Å². The van der Waals surface area contributed by atoms with E-state index < -0.39 is 0 Å². The number of nitrogens with one attached hydrogen (secondary N) is 3. The predicted octanol–water partition coefficient (Wildman–Crippen LogP) is 4.04. The van der Waals surface area contributed by atoms with E-state index in [4.69, 9.17) is 4.74 Å². The van der Waals surface area contributed by atoms with Gasteiger partial charge in [-0.15, -0.1) is 6.58 Å². The topological polar surface area (TPSA) is 79.5 Å². The minimum atomic E-state index is -0.317. The standard InChI is InChI=1S/C21H23N3O3/c1-3-15-22-21(26)24-18-12-10-17(11-13-18)23-20(25)14-9-16-7-5-6-8-19(16)27-4-2/h3,5-14H,1,4,15H2,2H3,(H,23,25)(H2,22,24,26)/b14-9+. The van der Waals surface area contributed by atoms with Crippen LogP contribution in [0, 0.1) is 0 Å². The Morgan fingerprint density at radius 2 is 1.70 bits per heavy atom. The quantitative estimate of drug-likeness (QED) is 0.488. The van der Waals surface area contributed by atoms with Crippen molar-refractivity contribution in [3.63, 3.8) is 0 Å². The average molecular weight is 365 g/mol. The molecule has 0 radical (unpaired) electrons. The molecule has 140 valence electrons. The van der Waals surface area contributed by atoms with Gasteiger partial charge in [-0.3, -0.25) is 4.79 Å². The summed E-state index contributed by atoms with van der Waals surface area (Å²) in [6.45, 7) is 6.39. The van der Waals surface area contributed by atoms with Gasteiger partial charge in [0.1, 0.15) is 5.75 Å². The molecule has 3 amide bonds. The molecule has 0 aromatic heterocycles. The van der Waals surface area contributed by atoms with Crippen LogP contribution in [0.2, 0.25) is 0 Å². The van der Waals surface area contributed by atoms with E-state index >= 15 is 0 Å². The number of ether oxygens (including phenoxy) is 1. The first-order valence-corrected chi connectivity index (χ1v) is 8.59. The van der Waals surface area contributed by atoms with Gasteiger partial charge in [0.05, 0.1) is 6.61 Å². The van der Waals surface area contributed by atoms with Gasteiger partial charge in [-0.1, -0.05) is 24.3 Å². The van der Waals surface area contributed by atoms with Crippen molar-refractivity contribution < 1.29 is 14.3 Å². The van der Waals surface area contributed by atoms with E-state index in [0.29, 0.717) is 24.5 Å². The summed E-state index contributed by atoms with van der Waals surface area (Å²) in [6.07, 6.45) is 4.76. The molecule has 0 spiro atoms. The Hall–Kier alpha value is -3.54. The van der Waals surface area contributed by atoms with E-state index in [1.54, 1.807) is 36.4 Å². The Morgan fingerprint density at radius 3 is 2.37 bits per heavy atom. The van der Waals surface area contributed by atoms with Crippen LogP contribution in [0.5, 0.6) is 5.75 Å². The Morgan fingerprint density at radius 1 is 1.04 bits per heavy atom. The van der Waals surface area contributed by atoms with Gasteiger partial charge in [0, 0.05) is 29.6 Å². The molecule has 0 aliphatic carbocycles. The molecule has 0 aliphatic heterocycles. The summed E-state index contributed by atoms with van der Waals surface area (Å²) in [5.41, 5.74) is 2.08. The molecule has 2 aromatic carbocycles. The molecule has 6 nitrogen and oxygen atoms in total. The highest BCUT2D eigenvalue weighted by Gasteiger charge is 2.03. The van der Waals surface area contributed by atoms with Gasteiger partial charge in [-0.05, 0) is 43.3 Å². The van der Waals surface area contributed by atoms with Crippen molar-refractivity contribution >= 4 is 29.4 Å². The third kappa shape index (κ3) is 6.70. The van der Waals surface area contributed by atoms with Crippen molar-refractivity contribution in [3.05, 3.63) is 72.8 Å². The molecule has 0 bridgehead atoms. The van der Waals surface area contributed by atoms with E-state index in [1.165, 1.54) is 6.08 Å². The zero-order chi connectivity index (χ0) is 19.5. The molecular weight excluding hydrogens is 342 g/mol. The summed E-state index contributed by atoms with van der Waals surface area (Å²) in [6, 6.07) is 14.0. The number of carbonyl (C=O) groups excluding carboxylic acids is 2. The fourth-order valence-electron chi connectivity index (χ4n) is 2.23. The summed E-state index contributed by atoms with van der Waals surface area (Å²) in [4.78, 5) is 23.7. The van der Waals surface area contributed by atoms with Crippen LogP contribution in [0.15, 0.2) is 67.3 Å². The molecule has 2 rings (SSSR count). The third-order valence-corrected chi connectivity index (χ3v) is 3.45. The first-order valence-electron chi connectivity index (χ1n) is 8.59. The van der Waals surface area contributed by atoms with Gasteiger partial charge in [0.15, 0.2) is 0 Å². The van der Waals surface area contributed by atoms with Gasteiger partial charge in [0.25, 0.3) is 0 Å². The van der Waals surface area contributed by atoms with Gasteiger partial charge < -0.3 is 20.7 Å². The summed E-state index contributed by atoms with van der Waals surface area (Å²) in [7, 11) is 0. The molecular formula is C21H23N3O3. The fourth-order valence-corrected chi connectivity index (χ4v) is 2.23. The van der Waals surface area contributed by atoms with Crippen molar-refractivity contribution in [2.45, 2.75) is 6.92 Å². The van der Waals surface area contributed by atoms with Crippen molar-refractivity contribution in [1.82, 2.24) is 5.32 Å². The maximum Gasteiger partial charge on any atom is 0.319 e. The molecule has 0 saturated heterocycles. The first-order chi connectivity index (χ1) is 13.1. The lowest BCUT2D eigenvalue weighted by Crippen LogP contribution is -2.28. The van der Waals surface area contributed by atoms with Crippen LogP contribution in [-0.2, 0) is 4.79 Å². The Kier molecular flexibility index (Phi) is 7.66. The lowest BCUT2D eigenvalue weighted by molar-refractivity contribution is -0.111. The number of hydrogen-bond donors (Lipinski definition) is 3. The summed E-state index contributed by atoms with van der Waals surface area (Å²) in [5, 5.41) is 8.07. The number of urea groups is 1. The molecule has 0 heterocycles. The van der Waals surface area contributed by atoms with Gasteiger partial charge in [-0.25, -0.2) is 4.79 Å². The maximum atomic E-state index is 12.1. The first kappa shape index (κ1) is 19.8. The summed E-state index contributed by atoms with van der Waals surface area (Å²) < 4.78 is 5.53. The molecule has 0 atom stereocenters. The number of anilines is 2. The average Bonchev–Trinajstić information content (AvgIpc) is 2.67. The summed E-state index contributed by atoms with van der Waals surface area (Å²) in [5.74, 6) is 0.472. The Balaban J connectivity index is 1.92. The van der Waals surface area contributed by atoms with E-state index in [0.717, 1.165) is 11.3 Å². The largest absolute Gasteiger partial charge is 0.493 e. The lowest BCUT2D eigenvalue weighted by Gasteiger charge is -2.08. The second-order valence-electron chi connectivity index (χ2n) is 5.49. The van der Waals surface area contributed by atoms with E-state index in [2.05, 4.69) is 22.5 Å². The Bertz CT molecular complexity index is 814. The van der Waals surface area contributed by atoms with Crippen molar-refractivity contribution in [2.24, 2.45) is 0 Å². The van der Waals surface area contributed by atoms with Crippen LogP contribution in [0.1, 0.15) is 12.5 Å². The van der Waals surface area contributed by atoms with Gasteiger partial charge >= 0.3 is 6.03 Å². The number of para-hydroxylation sites is 1. The molecule has 6 heteroatoms. The van der Waals surface area contributed by atoms with Crippen molar-refractivity contribution in [1.29, 1.82) is 0 Å². The van der Waals surface area contributed by atoms with Gasteiger partial charge in [-0.2, -0.15) is 0 Å². The van der Waals surface area contributed by atoms with E-state index in [-0.39, 0.29) is 11.9 Å². The van der Waals surface area contributed by atoms with Crippen LogP contribution < -0.4 is 20.7 Å². The predicted molar refractivity (Wildman–Crippen MR) is 109 cm³/mol. The molecule has 2 aromatic rings. The minimum absolute atomic E-state index is 0.259. The van der Waals surface area contributed by atoms with Crippen LogP contribution in [-0.4, -0.2) is 25.1 Å². The highest BCUT2D eigenvalue weighted by Crippen LogP contribution is 2.19. The molecule has 0 fully saturated rings. The van der Waals surface area contributed by atoms with Crippen LogP contribution in [0.4, 0.5) is 16.2 Å². The second-order valence-corrected chi connectivity index (χ2v) is 5.49. The number of amides is 3. The zero-order valence-electron chi connectivity index (χ0n) is 15.2. The molecule has 3 N–H and O–H groups in total. The summed E-state index contributed by atoms with van der Waals surface area (Å²) >= 11 is 0. The van der Waals surface area contributed by atoms with Crippen molar-refractivity contribution in [3.8, 4) is 5.75 Å². The fraction of sp³-hybridized carbons (Fsp3) is 0.143. The minimum Gasteiger partial charge on any atom is -0.493 e. The molecule has 0 aliphatic rings. The highest BCUT2D eigenvalue weighted by atomic mass is 16.5. The zero-order valence-corrected chi connectivity index (χ0v) is 15.2. The van der Waals surface area contributed by atoms with Gasteiger partial charge in [0.2, 0.25) is 5.91 Å². The van der Waals surface area contributed by atoms with Crippen LogP contribution in [0.3, 0.4) is 0 Å². The maximum absolute atomic E-state index is 12.1. The number of carbonyl (C=O) groups is 2. The highest BCUT2D eigenvalue weighted by molar-refractivity contribution is 6.02. The number of hydrogen-bond acceptors (Lipinski definition) is 3. The van der Waals surface area contributed by atoms with Crippen LogP contribution in [0.25, 0.3) is 6.08 Å². The van der Waals surface area contributed by atoms with E-state index in [1.807, 2.05) is 31.2 Å².